The van der Waals surface area contributed by atoms with Crippen molar-refractivity contribution in [2.24, 2.45) is 0 Å². The van der Waals surface area contributed by atoms with E-state index in [-0.39, 0.29) is 30.8 Å². The number of anilines is 1. The predicted octanol–water partition coefficient (Wildman–Crippen LogP) is 4.27. The maximum Gasteiger partial charge on any atom is 0.243 e. The Morgan fingerprint density at radius 3 is 2.27 bits per heavy atom. The first kappa shape index (κ1) is 30.2. The minimum absolute atomic E-state index is 0.0503. The number of hydrogen-bond acceptors (Lipinski definition) is 5. The van der Waals surface area contributed by atoms with E-state index in [4.69, 9.17) is 4.74 Å². The molecule has 0 fully saturated rings. The second-order valence-corrected chi connectivity index (χ2v) is 11.3. The van der Waals surface area contributed by atoms with E-state index in [1.165, 1.54) is 4.31 Å². The number of rotatable bonds is 14. The number of carbonyl (C=O) groups excluding carboxylic acids is 2. The Bertz CT molecular complexity index is 1150. The highest BCUT2D eigenvalue weighted by Gasteiger charge is 2.29. The molecular formula is C28H41N3O5S. The number of sulfonamides is 1. The summed E-state index contributed by atoms with van der Waals surface area (Å²) in [5, 5.41) is 2.93. The molecule has 0 bridgehead atoms. The molecule has 0 aromatic heterocycles. The van der Waals surface area contributed by atoms with Gasteiger partial charge in [-0.25, -0.2) is 8.42 Å². The third kappa shape index (κ3) is 8.77. The molecular weight excluding hydrogens is 490 g/mol. The number of para-hydroxylation sites is 2. The van der Waals surface area contributed by atoms with Crippen molar-refractivity contribution in [2.75, 3.05) is 23.7 Å². The Labute approximate surface area is 222 Å². The zero-order chi connectivity index (χ0) is 27.6. The van der Waals surface area contributed by atoms with E-state index in [1.807, 2.05) is 58.9 Å². The molecule has 0 saturated heterocycles. The molecule has 0 spiro atoms. The zero-order valence-corrected chi connectivity index (χ0v) is 23.7. The van der Waals surface area contributed by atoms with Crippen LogP contribution in [0.15, 0.2) is 48.5 Å². The van der Waals surface area contributed by atoms with Crippen molar-refractivity contribution in [1.82, 2.24) is 10.2 Å². The molecule has 0 aliphatic rings. The van der Waals surface area contributed by atoms with E-state index < -0.39 is 16.1 Å². The Hall–Kier alpha value is -3.07. The molecule has 0 unspecified atom stereocenters. The van der Waals surface area contributed by atoms with Crippen LogP contribution >= 0.6 is 0 Å². The number of nitrogens with one attached hydrogen (secondary N) is 1. The zero-order valence-electron chi connectivity index (χ0n) is 22.9. The topological polar surface area (TPSA) is 96.0 Å². The van der Waals surface area contributed by atoms with Crippen LogP contribution in [0.25, 0.3) is 0 Å². The molecule has 0 aliphatic heterocycles. The second kappa shape index (κ2) is 14.0. The van der Waals surface area contributed by atoms with Gasteiger partial charge >= 0.3 is 0 Å². The van der Waals surface area contributed by atoms with Crippen molar-refractivity contribution in [3.63, 3.8) is 0 Å². The van der Waals surface area contributed by atoms with Crippen molar-refractivity contribution in [2.45, 2.75) is 72.5 Å². The summed E-state index contributed by atoms with van der Waals surface area (Å²) >= 11 is 0. The molecule has 8 nitrogen and oxygen atoms in total. The lowest BCUT2D eigenvalue weighted by atomic mass is 10.0. The van der Waals surface area contributed by atoms with Gasteiger partial charge in [0.1, 0.15) is 11.8 Å². The summed E-state index contributed by atoms with van der Waals surface area (Å²) in [7, 11) is -3.61. The lowest BCUT2D eigenvalue weighted by Crippen LogP contribution is -2.50. The molecule has 1 atom stereocenters. The number of nitrogens with zero attached hydrogens (tertiary/aromatic N) is 2. The lowest BCUT2D eigenvalue weighted by molar-refractivity contribution is -0.141. The molecule has 0 radical (unpaired) electrons. The van der Waals surface area contributed by atoms with Crippen molar-refractivity contribution in [1.29, 1.82) is 0 Å². The van der Waals surface area contributed by atoms with E-state index in [9.17, 15) is 18.0 Å². The summed E-state index contributed by atoms with van der Waals surface area (Å²) in [6.45, 7) is 10.3. The normalized spacial score (nSPS) is 12.2. The third-order valence-corrected chi connectivity index (χ3v) is 7.18. The van der Waals surface area contributed by atoms with Crippen molar-refractivity contribution in [3.05, 3.63) is 59.7 Å². The molecule has 2 aromatic rings. The molecule has 2 amide bonds. The molecule has 2 rings (SSSR count). The average molecular weight is 532 g/mol. The van der Waals surface area contributed by atoms with Crippen LogP contribution in [-0.2, 0) is 26.2 Å². The van der Waals surface area contributed by atoms with Gasteiger partial charge in [-0.15, -0.1) is 0 Å². The first-order valence-electron chi connectivity index (χ1n) is 12.8. The Morgan fingerprint density at radius 1 is 1.03 bits per heavy atom. The quantitative estimate of drug-likeness (QED) is 0.393. The van der Waals surface area contributed by atoms with Crippen molar-refractivity contribution in [3.8, 4) is 5.75 Å². The van der Waals surface area contributed by atoms with E-state index in [1.54, 1.807) is 29.2 Å². The van der Waals surface area contributed by atoms with Gasteiger partial charge in [-0.3, -0.25) is 13.9 Å². The summed E-state index contributed by atoms with van der Waals surface area (Å²) in [5.74, 6) is 0.0859. The smallest absolute Gasteiger partial charge is 0.243 e. The minimum Gasteiger partial charge on any atom is -0.492 e. The minimum atomic E-state index is -3.61. The van der Waals surface area contributed by atoms with Gasteiger partial charge in [0.2, 0.25) is 21.8 Å². The van der Waals surface area contributed by atoms with Gasteiger partial charge in [-0.2, -0.15) is 0 Å². The highest BCUT2D eigenvalue weighted by Crippen LogP contribution is 2.30. The van der Waals surface area contributed by atoms with E-state index in [0.29, 0.717) is 37.4 Å². The van der Waals surface area contributed by atoms with Crippen LogP contribution in [0, 0.1) is 6.92 Å². The van der Waals surface area contributed by atoms with Gasteiger partial charge in [0.15, 0.2) is 0 Å². The average Bonchev–Trinajstić information content (AvgIpc) is 2.82. The van der Waals surface area contributed by atoms with E-state index in [0.717, 1.165) is 17.4 Å². The highest BCUT2D eigenvalue weighted by molar-refractivity contribution is 7.92. The van der Waals surface area contributed by atoms with Crippen molar-refractivity contribution < 1.29 is 22.7 Å². The molecule has 0 heterocycles. The maximum atomic E-state index is 13.5. The van der Waals surface area contributed by atoms with Crippen LogP contribution in [0.5, 0.6) is 5.75 Å². The number of carbonyl (C=O) groups is 2. The molecule has 1 N–H and O–H groups in total. The number of amides is 2. The van der Waals surface area contributed by atoms with Crippen LogP contribution in [0.4, 0.5) is 5.69 Å². The molecule has 204 valence electrons. The summed E-state index contributed by atoms with van der Waals surface area (Å²) in [5.41, 5.74) is 2.45. The second-order valence-electron chi connectivity index (χ2n) is 9.37. The summed E-state index contributed by atoms with van der Waals surface area (Å²) in [4.78, 5) is 28.2. The first-order valence-corrected chi connectivity index (χ1v) is 14.7. The van der Waals surface area contributed by atoms with Crippen LogP contribution in [0.1, 0.15) is 58.1 Å². The summed E-state index contributed by atoms with van der Waals surface area (Å²) < 4.78 is 32.2. The van der Waals surface area contributed by atoms with E-state index in [2.05, 4.69) is 5.32 Å². The molecule has 2 aromatic carbocycles. The Morgan fingerprint density at radius 2 is 1.68 bits per heavy atom. The fourth-order valence-electron chi connectivity index (χ4n) is 4.19. The van der Waals surface area contributed by atoms with Gasteiger partial charge in [0, 0.05) is 25.6 Å². The standard InChI is InChI=1S/C28H41N3O5S/c1-7-24(28(33)29-21(3)4)30(20-23-15-10-9-14-22(23)5)27(32)18-13-19-31(37(6,34)35)25-16-11-12-17-26(25)36-8-2/h9-12,14-17,21,24H,7-8,13,18-20H2,1-6H3,(H,29,33)/t24-/m1/s1. The number of benzene rings is 2. The number of ether oxygens (including phenoxy) is 1. The summed E-state index contributed by atoms with van der Waals surface area (Å²) in [6.07, 6.45) is 2.00. The fraction of sp³-hybridized carbons (Fsp3) is 0.500. The van der Waals surface area contributed by atoms with Gasteiger partial charge in [-0.1, -0.05) is 43.3 Å². The van der Waals surface area contributed by atoms with Gasteiger partial charge in [0.05, 0.1) is 18.6 Å². The number of aryl methyl sites for hydroxylation is 1. The Kier molecular flexibility index (Phi) is 11.4. The molecule has 0 aliphatic carbocycles. The molecule has 37 heavy (non-hydrogen) atoms. The first-order chi connectivity index (χ1) is 17.5. The van der Waals surface area contributed by atoms with Gasteiger partial charge in [-0.05, 0) is 63.8 Å². The van der Waals surface area contributed by atoms with Crippen LogP contribution in [-0.4, -0.2) is 56.6 Å². The third-order valence-electron chi connectivity index (χ3n) is 6.00. The Balaban J connectivity index is 2.26. The number of hydrogen-bond donors (Lipinski definition) is 1. The maximum absolute atomic E-state index is 13.5. The van der Waals surface area contributed by atoms with E-state index >= 15 is 0 Å². The molecule has 0 saturated carbocycles. The van der Waals surface area contributed by atoms with Gasteiger partial charge < -0.3 is 15.0 Å². The molecule has 9 heteroatoms. The van der Waals surface area contributed by atoms with Crippen LogP contribution < -0.4 is 14.4 Å². The fourth-order valence-corrected chi connectivity index (χ4v) is 5.16. The van der Waals surface area contributed by atoms with Crippen LogP contribution in [0.3, 0.4) is 0 Å². The predicted molar refractivity (Wildman–Crippen MR) is 148 cm³/mol. The van der Waals surface area contributed by atoms with Crippen molar-refractivity contribution >= 4 is 27.5 Å². The summed E-state index contributed by atoms with van der Waals surface area (Å²) in [6, 6.07) is 14.1. The largest absolute Gasteiger partial charge is 0.492 e. The van der Waals surface area contributed by atoms with Crippen LogP contribution in [0.2, 0.25) is 0 Å². The monoisotopic (exact) mass is 531 g/mol. The van der Waals surface area contributed by atoms with Gasteiger partial charge in [0.25, 0.3) is 0 Å². The highest BCUT2D eigenvalue weighted by atomic mass is 32.2. The SMILES string of the molecule is CCOc1ccccc1N(CCCC(=O)N(Cc1ccccc1C)[C@H](CC)C(=O)NC(C)C)S(C)(=O)=O. The lowest BCUT2D eigenvalue weighted by Gasteiger charge is -2.32.